The summed E-state index contributed by atoms with van der Waals surface area (Å²) in [5, 5.41) is 0. The van der Waals surface area contributed by atoms with Crippen LogP contribution in [-0.2, 0) is 0 Å². The van der Waals surface area contributed by atoms with E-state index in [1.807, 2.05) is 6.08 Å². The van der Waals surface area contributed by atoms with Gasteiger partial charge in [-0.1, -0.05) is 64.0 Å². The standard InChI is InChI=1S/C22H39F/c1-2-3-8-19-10-14-21(15-11-19)22-16-12-20(13-17-22)9-6-4-5-7-18-23/h4-5,19-22H,2-3,6-18H2,1H3/b5-4+/t19?,20-,21?,22-. The maximum Gasteiger partial charge on any atom is 0.0928 e. The van der Waals surface area contributed by atoms with E-state index >= 15 is 0 Å². The normalized spacial score (nSPS) is 32.4. The highest BCUT2D eigenvalue weighted by Gasteiger charge is 2.30. The molecular formula is C22H39F. The molecule has 1 heteroatoms. The Morgan fingerprint density at radius 1 is 0.739 bits per heavy atom. The molecule has 0 saturated heterocycles. The minimum atomic E-state index is -0.206. The molecule has 0 amide bonds. The highest BCUT2D eigenvalue weighted by molar-refractivity contribution is 4.85. The topological polar surface area (TPSA) is 0 Å². The maximum atomic E-state index is 12.0. The van der Waals surface area contributed by atoms with Crippen LogP contribution >= 0.6 is 0 Å². The summed E-state index contributed by atoms with van der Waals surface area (Å²) in [6.07, 6.45) is 23.6. The van der Waals surface area contributed by atoms with E-state index in [0.717, 1.165) is 30.1 Å². The molecule has 134 valence electrons. The van der Waals surface area contributed by atoms with Crippen LogP contribution in [0.5, 0.6) is 0 Å². The number of alkyl halides is 1. The van der Waals surface area contributed by atoms with Crippen LogP contribution in [0.3, 0.4) is 0 Å². The average Bonchev–Trinajstić information content (AvgIpc) is 2.61. The number of halogens is 1. The van der Waals surface area contributed by atoms with Gasteiger partial charge in [0.2, 0.25) is 0 Å². The fourth-order valence-corrected chi connectivity index (χ4v) is 5.02. The van der Waals surface area contributed by atoms with Gasteiger partial charge in [-0.3, -0.25) is 4.39 Å². The van der Waals surface area contributed by atoms with Gasteiger partial charge in [0.1, 0.15) is 0 Å². The predicted molar refractivity (Wildman–Crippen MR) is 99.4 cm³/mol. The molecule has 2 aliphatic rings. The molecule has 2 saturated carbocycles. The Hall–Kier alpha value is -0.330. The van der Waals surface area contributed by atoms with E-state index in [-0.39, 0.29) is 6.67 Å². The van der Waals surface area contributed by atoms with E-state index in [1.165, 1.54) is 77.0 Å². The molecule has 0 spiro atoms. The first kappa shape index (κ1) is 19.0. The molecule has 2 aliphatic carbocycles. The van der Waals surface area contributed by atoms with Gasteiger partial charge in [-0.15, -0.1) is 0 Å². The number of hydrogen-bond donors (Lipinski definition) is 0. The lowest BCUT2D eigenvalue weighted by atomic mass is 9.68. The molecule has 0 heterocycles. The molecule has 0 aromatic rings. The van der Waals surface area contributed by atoms with Crippen molar-refractivity contribution in [2.24, 2.45) is 23.7 Å². The molecule has 23 heavy (non-hydrogen) atoms. The second-order valence-corrected chi connectivity index (χ2v) is 8.23. The van der Waals surface area contributed by atoms with Crippen LogP contribution < -0.4 is 0 Å². The van der Waals surface area contributed by atoms with Gasteiger partial charge in [0.05, 0.1) is 6.67 Å². The monoisotopic (exact) mass is 322 g/mol. The second-order valence-electron chi connectivity index (χ2n) is 8.23. The van der Waals surface area contributed by atoms with E-state index < -0.39 is 0 Å². The largest absolute Gasteiger partial charge is 0.251 e. The Balaban J connectivity index is 1.58. The fraction of sp³-hybridized carbons (Fsp3) is 0.909. The third-order valence-corrected chi connectivity index (χ3v) is 6.60. The van der Waals surface area contributed by atoms with Crippen molar-refractivity contribution in [2.75, 3.05) is 6.67 Å². The van der Waals surface area contributed by atoms with E-state index in [4.69, 9.17) is 0 Å². The van der Waals surface area contributed by atoms with Crippen molar-refractivity contribution >= 4 is 0 Å². The van der Waals surface area contributed by atoms with Gasteiger partial charge in [0.25, 0.3) is 0 Å². The number of unbranched alkanes of at least 4 members (excludes halogenated alkanes) is 1. The van der Waals surface area contributed by atoms with E-state index in [0.29, 0.717) is 6.42 Å². The van der Waals surface area contributed by atoms with Crippen LogP contribution in [0.2, 0.25) is 0 Å². The molecule has 2 rings (SSSR count). The Morgan fingerprint density at radius 3 is 1.78 bits per heavy atom. The van der Waals surface area contributed by atoms with E-state index in [1.54, 1.807) is 0 Å². The van der Waals surface area contributed by atoms with Crippen LogP contribution in [0.1, 0.15) is 96.8 Å². The maximum absolute atomic E-state index is 12.0. The molecule has 0 radical (unpaired) electrons. The summed E-state index contributed by atoms with van der Waals surface area (Å²) in [5.74, 6) is 4.10. The van der Waals surface area contributed by atoms with Gasteiger partial charge in [-0.2, -0.15) is 0 Å². The lowest BCUT2D eigenvalue weighted by Crippen LogP contribution is -2.25. The summed E-state index contributed by atoms with van der Waals surface area (Å²) < 4.78 is 12.0. The molecule has 0 N–H and O–H groups in total. The minimum Gasteiger partial charge on any atom is -0.251 e. The fourth-order valence-electron chi connectivity index (χ4n) is 5.02. The quantitative estimate of drug-likeness (QED) is 0.386. The first-order valence-electron chi connectivity index (χ1n) is 10.5. The van der Waals surface area contributed by atoms with Crippen molar-refractivity contribution < 1.29 is 4.39 Å². The summed E-state index contributed by atoms with van der Waals surface area (Å²) in [4.78, 5) is 0. The van der Waals surface area contributed by atoms with Gasteiger partial charge < -0.3 is 0 Å². The molecule has 0 bridgehead atoms. The predicted octanol–water partition coefficient (Wildman–Crippen LogP) is 7.49. The van der Waals surface area contributed by atoms with Gasteiger partial charge in [-0.25, -0.2) is 0 Å². The van der Waals surface area contributed by atoms with Gasteiger partial charge in [0, 0.05) is 0 Å². The molecule has 0 atom stereocenters. The first-order chi connectivity index (χ1) is 11.3. The summed E-state index contributed by atoms with van der Waals surface area (Å²) in [5.41, 5.74) is 0. The van der Waals surface area contributed by atoms with Crippen molar-refractivity contribution in [1.29, 1.82) is 0 Å². The molecule has 0 unspecified atom stereocenters. The summed E-state index contributed by atoms with van der Waals surface area (Å²) in [6, 6.07) is 0. The summed E-state index contributed by atoms with van der Waals surface area (Å²) in [6.45, 7) is 2.11. The van der Waals surface area contributed by atoms with Crippen LogP contribution in [0.15, 0.2) is 12.2 Å². The number of allylic oxidation sites excluding steroid dienone is 2. The van der Waals surface area contributed by atoms with Crippen LogP contribution in [0.25, 0.3) is 0 Å². The van der Waals surface area contributed by atoms with Crippen molar-refractivity contribution in [3.63, 3.8) is 0 Å². The second kappa shape index (κ2) is 11.3. The van der Waals surface area contributed by atoms with E-state index in [2.05, 4.69) is 13.0 Å². The zero-order valence-electron chi connectivity index (χ0n) is 15.4. The van der Waals surface area contributed by atoms with E-state index in [9.17, 15) is 4.39 Å². The summed E-state index contributed by atoms with van der Waals surface area (Å²) >= 11 is 0. The zero-order valence-corrected chi connectivity index (χ0v) is 15.4. The highest BCUT2D eigenvalue weighted by Crippen LogP contribution is 2.43. The zero-order chi connectivity index (χ0) is 16.3. The third kappa shape index (κ3) is 6.98. The number of hydrogen-bond acceptors (Lipinski definition) is 0. The highest BCUT2D eigenvalue weighted by atomic mass is 19.1. The molecule has 0 aromatic heterocycles. The van der Waals surface area contributed by atoms with Crippen molar-refractivity contribution in [1.82, 2.24) is 0 Å². The molecule has 2 fully saturated rings. The Bertz CT molecular complexity index is 306. The van der Waals surface area contributed by atoms with Crippen molar-refractivity contribution in [3.8, 4) is 0 Å². The van der Waals surface area contributed by atoms with Crippen molar-refractivity contribution in [3.05, 3.63) is 12.2 Å². The van der Waals surface area contributed by atoms with Gasteiger partial charge in [-0.05, 0) is 68.6 Å². The smallest absolute Gasteiger partial charge is 0.0928 e. The van der Waals surface area contributed by atoms with Gasteiger partial charge in [0.15, 0.2) is 0 Å². The average molecular weight is 323 g/mol. The lowest BCUT2D eigenvalue weighted by molar-refractivity contribution is 0.141. The molecule has 0 nitrogen and oxygen atoms in total. The first-order valence-corrected chi connectivity index (χ1v) is 10.5. The number of rotatable bonds is 9. The summed E-state index contributed by atoms with van der Waals surface area (Å²) in [7, 11) is 0. The minimum absolute atomic E-state index is 0.206. The van der Waals surface area contributed by atoms with Gasteiger partial charge >= 0.3 is 0 Å². The van der Waals surface area contributed by atoms with Crippen LogP contribution in [-0.4, -0.2) is 6.67 Å². The molecule has 0 aliphatic heterocycles. The Kier molecular flexibility index (Phi) is 9.31. The van der Waals surface area contributed by atoms with Crippen LogP contribution in [0.4, 0.5) is 4.39 Å². The van der Waals surface area contributed by atoms with Crippen molar-refractivity contribution in [2.45, 2.75) is 96.8 Å². The Morgan fingerprint density at radius 2 is 1.26 bits per heavy atom. The lowest BCUT2D eigenvalue weighted by Gasteiger charge is -2.38. The molecular weight excluding hydrogens is 283 g/mol. The Labute approximate surface area is 144 Å². The van der Waals surface area contributed by atoms with Crippen LogP contribution in [0, 0.1) is 23.7 Å². The SMILES string of the molecule is CCCCC1CCC([C@H]2CC[C@H](CC/C=C/CCF)CC2)CC1. The third-order valence-electron chi connectivity index (χ3n) is 6.60. The molecule has 0 aromatic carbocycles.